The molecule has 9 rings (SSSR count). The lowest BCUT2D eigenvalue weighted by Gasteiger charge is -2.32. The number of fused-ring (bicyclic) bond motifs is 2. The maximum Gasteiger partial charge on any atom is 0.494 e. The molecule has 12 nitrogen and oxygen atoms in total. The molecule has 0 radical (unpaired) electrons. The molecule has 0 atom stereocenters. The number of aromatic nitrogens is 6. The second-order valence-electron chi connectivity index (χ2n) is 14.0. The Morgan fingerprint density at radius 1 is 0.574 bits per heavy atom. The predicted molar refractivity (Wildman–Crippen MR) is 218 cm³/mol. The maximum atomic E-state index is 5.93. The molecule has 54 heavy (non-hydrogen) atoms. The Morgan fingerprint density at radius 3 is 1.56 bits per heavy atom. The summed E-state index contributed by atoms with van der Waals surface area (Å²) >= 11 is 0. The molecule has 0 saturated carbocycles. The second-order valence-corrected chi connectivity index (χ2v) is 14.0. The maximum absolute atomic E-state index is 5.93. The Balaban J connectivity index is 0.000000156. The number of aryl methyl sites for hydroxylation is 1. The van der Waals surface area contributed by atoms with E-state index >= 15 is 0 Å². The smallest absolute Gasteiger partial charge is 0.399 e. The predicted octanol–water partition coefficient (Wildman–Crippen LogP) is 6.37. The number of nitrogens with zero attached hydrogens (tertiary/aromatic N) is 8. The summed E-state index contributed by atoms with van der Waals surface area (Å²) in [6, 6.07) is 28.2. The molecular weight excluding hydrogens is 679 g/mol. The third-order valence-corrected chi connectivity index (χ3v) is 9.83. The van der Waals surface area contributed by atoms with Crippen LogP contribution >= 0.6 is 0 Å². The highest BCUT2D eigenvalue weighted by atomic mass is 16.7. The van der Waals surface area contributed by atoms with E-state index in [9.17, 15) is 0 Å². The molecule has 3 fully saturated rings. The zero-order chi connectivity index (χ0) is 36.1. The SMILES string of the molecule is C.C.CC1(C)OB(c2ccccc2)OC1(C)C.Cc1nc(N2CCOCC2)c2cccn2n1.c1ccc(-c2nc(N3CCOCC3)c3cccn3n2)cc1. The first-order valence-electron chi connectivity index (χ1n) is 18.0. The van der Waals surface area contributed by atoms with E-state index in [4.69, 9.17) is 23.8 Å². The molecule has 0 amide bonds. The van der Waals surface area contributed by atoms with Gasteiger partial charge in [0.1, 0.15) is 16.9 Å². The second kappa shape index (κ2) is 17.5. The first-order chi connectivity index (χ1) is 25.2. The molecule has 0 aliphatic carbocycles. The van der Waals surface area contributed by atoms with E-state index in [1.165, 1.54) is 0 Å². The van der Waals surface area contributed by atoms with Gasteiger partial charge in [-0.05, 0) is 64.3 Å². The minimum Gasteiger partial charge on any atom is -0.399 e. The summed E-state index contributed by atoms with van der Waals surface area (Å²) in [6.07, 6.45) is 3.92. The van der Waals surface area contributed by atoms with Gasteiger partial charge in [0.2, 0.25) is 0 Å². The van der Waals surface area contributed by atoms with Crippen LogP contribution in [0.3, 0.4) is 0 Å². The van der Waals surface area contributed by atoms with Crippen LogP contribution in [0.15, 0.2) is 97.3 Å². The van der Waals surface area contributed by atoms with Crippen molar-refractivity contribution in [3.8, 4) is 11.4 Å². The van der Waals surface area contributed by atoms with Crippen LogP contribution in [0.5, 0.6) is 0 Å². The van der Waals surface area contributed by atoms with E-state index in [2.05, 4.69) is 58.7 Å². The number of ether oxygens (including phenoxy) is 2. The number of benzene rings is 2. The Bertz CT molecular complexity index is 2040. The largest absolute Gasteiger partial charge is 0.494 e. The van der Waals surface area contributed by atoms with Gasteiger partial charge in [0.05, 0.1) is 37.6 Å². The third kappa shape index (κ3) is 8.93. The lowest BCUT2D eigenvalue weighted by molar-refractivity contribution is 0.00578. The fraction of sp³-hybridized carbons (Fsp3) is 0.415. The molecule has 3 saturated heterocycles. The molecule has 0 N–H and O–H groups in total. The van der Waals surface area contributed by atoms with Crippen molar-refractivity contribution in [2.75, 3.05) is 62.4 Å². The van der Waals surface area contributed by atoms with Gasteiger partial charge < -0.3 is 28.6 Å². The molecule has 0 unspecified atom stereocenters. The molecule has 3 aliphatic heterocycles. The van der Waals surface area contributed by atoms with Crippen LogP contribution < -0.4 is 15.3 Å². The van der Waals surface area contributed by atoms with Gasteiger partial charge in [-0.25, -0.2) is 19.0 Å². The van der Waals surface area contributed by atoms with Crippen LogP contribution in [0.4, 0.5) is 11.6 Å². The average Bonchev–Trinajstić information content (AvgIpc) is 3.90. The number of hydrogen-bond acceptors (Lipinski definition) is 10. The van der Waals surface area contributed by atoms with Crippen molar-refractivity contribution in [1.29, 1.82) is 0 Å². The summed E-state index contributed by atoms with van der Waals surface area (Å²) in [5.74, 6) is 3.55. The van der Waals surface area contributed by atoms with Crippen LogP contribution in [0.1, 0.15) is 48.4 Å². The molecule has 4 aromatic heterocycles. The lowest BCUT2D eigenvalue weighted by atomic mass is 9.79. The minimum absolute atomic E-state index is 0. The number of anilines is 2. The molecule has 13 heteroatoms. The van der Waals surface area contributed by atoms with Crippen LogP contribution in [-0.2, 0) is 18.8 Å². The van der Waals surface area contributed by atoms with E-state index in [1.54, 1.807) is 0 Å². The van der Waals surface area contributed by atoms with Crippen molar-refractivity contribution in [2.24, 2.45) is 0 Å². The van der Waals surface area contributed by atoms with Gasteiger partial charge in [-0.2, -0.15) is 5.10 Å². The lowest BCUT2D eigenvalue weighted by Crippen LogP contribution is -2.41. The van der Waals surface area contributed by atoms with Gasteiger partial charge >= 0.3 is 7.12 Å². The first-order valence-corrected chi connectivity index (χ1v) is 18.0. The van der Waals surface area contributed by atoms with Gasteiger partial charge in [0.25, 0.3) is 0 Å². The van der Waals surface area contributed by atoms with E-state index in [0.717, 1.165) is 98.0 Å². The van der Waals surface area contributed by atoms with Crippen LogP contribution in [0.2, 0.25) is 0 Å². The monoisotopic (exact) mass is 734 g/mol. The topological polar surface area (TPSA) is 104 Å². The van der Waals surface area contributed by atoms with Crippen LogP contribution in [0, 0.1) is 6.92 Å². The zero-order valence-corrected chi connectivity index (χ0v) is 30.7. The molecule has 0 bridgehead atoms. The molecule has 2 aromatic carbocycles. The zero-order valence-electron chi connectivity index (χ0n) is 30.7. The van der Waals surface area contributed by atoms with Gasteiger partial charge in [-0.15, -0.1) is 5.10 Å². The fourth-order valence-electron chi connectivity index (χ4n) is 6.26. The van der Waals surface area contributed by atoms with E-state index < -0.39 is 0 Å². The van der Waals surface area contributed by atoms with Gasteiger partial charge in [-0.3, -0.25) is 0 Å². The molecule has 0 spiro atoms. The molecule has 6 aromatic rings. The van der Waals surface area contributed by atoms with Crippen molar-refractivity contribution in [3.63, 3.8) is 0 Å². The minimum atomic E-state index is -0.256. The van der Waals surface area contributed by atoms with Crippen molar-refractivity contribution < 1.29 is 18.8 Å². The normalized spacial score (nSPS) is 17.5. The van der Waals surface area contributed by atoms with Gasteiger partial charge in [0, 0.05) is 44.1 Å². The van der Waals surface area contributed by atoms with Crippen LogP contribution in [0.25, 0.3) is 22.4 Å². The molecular formula is C41H55BN8O4. The Labute approximate surface area is 320 Å². The van der Waals surface area contributed by atoms with Gasteiger partial charge in [0.15, 0.2) is 17.5 Å². The van der Waals surface area contributed by atoms with Crippen LogP contribution in [-0.4, -0.2) is 100 Å². The fourth-order valence-corrected chi connectivity index (χ4v) is 6.26. The first kappa shape index (κ1) is 40.4. The van der Waals surface area contributed by atoms with Gasteiger partial charge in [-0.1, -0.05) is 75.5 Å². The standard InChI is InChI=1S/C16H16N4O.C12H17BO2.C11H14N4O.2CH4/c1-2-5-13(6-3-1)15-17-16(19-9-11-21-12-10-19)14-7-4-8-20(14)18-15;1-11(2)12(3,4)15-13(14-11)10-8-6-5-7-9-10;1-9-12-11(14-5-7-16-8-6-14)10-3-2-4-15(10)13-9;;/h1-8H,9-12H2;5-9H,1-4H3;2-4H,5-8H2,1H3;2*1H4. The van der Waals surface area contributed by atoms with Crippen molar-refractivity contribution in [1.82, 2.24) is 29.2 Å². The summed E-state index contributed by atoms with van der Waals surface area (Å²) in [5, 5.41) is 8.95. The Kier molecular flexibility index (Phi) is 13.1. The highest BCUT2D eigenvalue weighted by molar-refractivity contribution is 6.62. The quantitative estimate of drug-likeness (QED) is 0.190. The van der Waals surface area contributed by atoms with Crippen molar-refractivity contribution in [3.05, 3.63) is 103 Å². The summed E-state index contributed by atoms with van der Waals surface area (Å²) in [6.45, 7) is 16.8. The third-order valence-electron chi connectivity index (χ3n) is 9.83. The Hall–Kier alpha value is -4.82. The van der Waals surface area contributed by atoms with Crippen molar-refractivity contribution >= 4 is 35.3 Å². The van der Waals surface area contributed by atoms with E-state index in [1.807, 2.05) is 107 Å². The van der Waals surface area contributed by atoms with Crippen molar-refractivity contribution in [2.45, 2.75) is 60.7 Å². The highest BCUT2D eigenvalue weighted by Gasteiger charge is 2.51. The highest BCUT2D eigenvalue weighted by Crippen LogP contribution is 2.36. The summed E-state index contributed by atoms with van der Waals surface area (Å²) in [5.41, 5.74) is 3.70. The Morgan fingerprint density at radius 2 is 1.04 bits per heavy atom. The summed E-state index contributed by atoms with van der Waals surface area (Å²) in [4.78, 5) is 13.9. The van der Waals surface area contributed by atoms with E-state index in [0.29, 0.717) is 0 Å². The molecule has 3 aliphatic rings. The molecule has 286 valence electrons. The molecule has 7 heterocycles. The average molecular weight is 735 g/mol. The number of morpholine rings is 2. The number of rotatable bonds is 4. The summed E-state index contributed by atoms with van der Waals surface area (Å²) < 4.78 is 26.4. The summed E-state index contributed by atoms with van der Waals surface area (Å²) in [7, 11) is -0.240. The number of hydrogen-bond donors (Lipinski definition) is 0. The van der Waals surface area contributed by atoms with E-state index in [-0.39, 0.29) is 33.2 Å².